The van der Waals surface area contributed by atoms with E-state index in [0.717, 1.165) is 21.3 Å². The standard InChI is InChI=1S/C22H17N5O3S/c28-20(16-8-12-19(13-9-16)27(29)30)24-18-10-6-17(7-11-18)21-25-26-22(31-21)23-14-15-4-2-1-3-5-15/h1-13H,14H2,(H,23,26)(H,24,28). The molecule has 4 rings (SSSR count). The number of rotatable bonds is 7. The molecule has 1 heterocycles. The highest BCUT2D eigenvalue weighted by molar-refractivity contribution is 7.18. The third kappa shape index (κ3) is 5.09. The summed E-state index contributed by atoms with van der Waals surface area (Å²) >= 11 is 1.45. The van der Waals surface area contributed by atoms with Crippen molar-refractivity contribution in [1.82, 2.24) is 10.2 Å². The summed E-state index contributed by atoms with van der Waals surface area (Å²) < 4.78 is 0. The number of anilines is 2. The zero-order valence-electron chi connectivity index (χ0n) is 16.2. The van der Waals surface area contributed by atoms with E-state index >= 15 is 0 Å². The van der Waals surface area contributed by atoms with Crippen molar-refractivity contribution in [1.29, 1.82) is 0 Å². The van der Waals surface area contributed by atoms with Gasteiger partial charge >= 0.3 is 0 Å². The molecule has 154 valence electrons. The van der Waals surface area contributed by atoms with Crippen molar-refractivity contribution < 1.29 is 9.72 Å². The molecule has 1 aromatic heterocycles. The third-order valence-corrected chi connectivity index (χ3v) is 5.37. The van der Waals surface area contributed by atoms with Crippen molar-refractivity contribution in [2.24, 2.45) is 0 Å². The fourth-order valence-corrected chi connectivity index (χ4v) is 3.56. The van der Waals surface area contributed by atoms with Crippen molar-refractivity contribution in [3.63, 3.8) is 0 Å². The molecule has 0 bridgehead atoms. The summed E-state index contributed by atoms with van der Waals surface area (Å²) in [7, 11) is 0. The van der Waals surface area contributed by atoms with Gasteiger partial charge in [-0.3, -0.25) is 14.9 Å². The molecule has 0 aliphatic rings. The van der Waals surface area contributed by atoms with Gasteiger partial charge in [-0.1, -0.05) is 41.7 Å². The quantitative estimate of drug-likeness (QED) is 0.315. The Hall–Kier alpha value is -4.11. The Bertz CT molecular complexity index is 1190. The minimum absolute atomic E-state index is 0.0596. The third-order valence-electron chi connectivity index (χ3n) is 4.44. The number of hydrogen-bond donors (Lipinski definition) is 2. The Kier molecular flexibility index (Phi) is 5.95. The van der Waals surface area contributed by atoms with Gasteiger partial charge in [0.25, 0.3) is 11.6 Å². The maximum absolute atomic E-state index is 12.3. The van der Waals surface area contributed by atoms with Crippen molar-refractivity contribution >= 4 is 33.8 Å². The van der Waals surface area contributed by atoms with Crippen LogP contribution in [0.2, 0.25) is 0 Å². The van der Waals surface area contributed by atoms with E-state index in [0.29, 0.717) is 17.8 Å². The number of nitro groups is 1. The molecular formula is C22H17N5O3S. The molecule has 4 aromatic rings. The molecule has 9 heteroatoms. The summed E-state index contributed by atoms with van der Waals surface area (Å²) in [4.78, 5) is 22.5. The first-order valence-corrected chi connectivity index (χ1v) is 10.2. The Labute approximate surface area is 181 Å². The van der Waals surface area contributed by atoms with Crippen LogP contribution in [-0.2, 0) is 6.54 Å². The van der Waals surface area contributed by atoms with Crippen LogP contribution in [0, 0.1) is 10.1 Å². The van der Waals surface area contributed by atoms with Crippen molar-refractivity contribution in [2.45, 2.75) is 6.54 Å². The first-order chi connectivity index (χ1) is 15.1. The number of aromatic nitrogens is 2. The molecule has 0 spiro atoms. The molecule has 0 unspecified atom stereocenters. The molecule has 1 amide bonds. The second-order valence-corrected chi connectivity index (χ2v) is 7.56. The van der Waals surface area contributed by atoms with Crippen LogP contribution in [0.15, 0.2) is 78.9 Å². The highest BCUT2D eigenvalue weighted by atomic mass is 32.1. The topological polar surface area (TPSA) is 110 Å². The van der Waals surface area contributed by atoms with Gasteiger partial charge in [0.05, 0.1) is 4.92 Å². The lowest BCUT2D eigenvalue weighted by Gasteiger charge is -2.06. The van der Waals surface area contributed by atoms with Gasteiger partial charge in [0, 0.05) is 35.5 Å². The Morgan fingerprint density at radius 3 is 2.32 bits per heavy atom. The Morgan fingerprint density at radius 2 is 1.65 bits per heavy atom. The molecule has 0 aliphatic heterocycles. The molecule has 0 fully saturated rings. The van der Waals surface area contributed by atoms with Gasteiger partial charge in [-0.2, -0.15) is 0 Å². The number of benzene rings is 3. The molecule has 31 heavy (non-hydrogen) atoms. The zero-order chi connectivity index (χ0) is 21.6. The number of amides is 1. The first kappa shape index (κ1) is 20.2. The minimum atomic E-state index is -0.503. The predicted octanol–water partition coefficient (Wildman–Crippen LogP) is 4.98. The van der Waals surface area contributed by atoms with Crippen LogP contribution >= 0.6 is 11.3 Å². The zero-order valence-corrected chi connectivity index (χ0v) is 17.0. The van der Waals surface area contributed by atoms with Crippen LogP contribution in [0.5, 0.6) is 0 Å². The smallest absolute Gasteiger partial charge is 0.269 e. The van der Waals surface area contributed by atoms with Crippen LogP contribution in [-0.4, -0.2) is 21.0 Å². The van der Waals surface area contributed by atoms with Gasteiger partial charge in [-0.25, -0.2) is 0 Å². The maximum atomic E-state index is 12.3. The van der Waals surface area contributed by atoms with Crippen molar-refractivity contribution in [3.8, 4) is 10.6 Å². The predicted molar refractivity (Wildman–Crippen MR) is 120 cm³/mol. The van der Waals surface area contributed by atoms with E-state index in [4.69, 9.17) is 0 Å². The number of nitrogens with one attached hydrogen (secondary N) is 2. The highest BCUT2D eigenvalue weighted by Gasteiger charge is 2.11. The van der Waals surface area contributed by atoms with Crippen molar-refractivity contribution in [3.05, 3.63) is 100 Å². The van der Waals surface area contributed by atoms with Crippen LogP contribution in [0.25, 0.3) is 10.6 Å². The van der Waals surface area contributed by atoms with E-state index in [1.54, 1.807) is 12.1 Å². The normalized spacial score (nSPS) is 10.5. The van der Waals surface area contributed by atoms with Crippen LogP contribution < -0.4 is 10.6 Å². The SMILES string of the molecule is O=C(Nc1ccc(-c2nnc(NCc3ccccc3)s2)cc1)c1ccc([N+](=O)[O-])cc1. The number of nitro benzene ring substituents is 1. The average Bonchev–Trinajstić information content (AvgIpc) is 3.28. The average molecular weight is 431 g/mol. The van der Waals surface area contributed by atoms with E-state index in [-0.39, 0.29) is 11.6 Å². The number of nitrogens with zero attached hydrogens (tertiary/aromatic N) is 3. The summed E-state index contributed by atoms with van der Waals surface area (Å²) in [5.74, 6) is -0.342. The van der Waals surface area contributed by atoms with Gasteiger partial charge in [0.15, 0.2) is 0 Å². The molecule has 0 saturated carbocycles. The summed E-state index contributed by atoms with van der Waals surface area (Å²) in [6.45, 7) is 0.670. The Morgan fingerprint density at radius 1 is 0.935 bits per heavy atom. The summed E-state index contributed by atoms with van der Waals surface area (Å²) in [5, 5.41) is 26.7. The van der Waals surface area contributed by atoms with Gasteiger partial charge in [0.2, 0.25) is 5.13 Å². The van der Waals surface area contributed by atoms with E-state index in [2.05, 4.69) is 20.8 Å². The summed E-state index contributed by atoms with van der Waals surface area (Å²) in [6.07, 6.45) is 0. The van der Waals surface area contributed by atoms with Gasteiger partial charge < -0.3 is 10.6 Å². The molecule has 3 aromatic carbocycles. The fourth-order valence-electron chi connectivity index (χ4n) is 2.82. The number of non-ortho nitro benzene ring substituents is 1. The van der Waals surface area contributed by atoms with E-state index < -0.39 is 4.92 Å². The van der Waals surface area contributed by atoms with E-state index in [1.165, 1.54) is 35.6 Å². The van der Waals surface area contributed by atoms with Gasteiger partial charge in [-0.15, -0.1) is 10.2 Å². The number of carbonyl (C=O) groups excluding carboxylic acids is 1. The lowest BCUT2D eigenvalue weighted by atomic mass is 10.1. The van der Waals surface area contributed by atoms with Gasteiger partial charge in [-0.05, 0) is 42.0 Å². The first-order valence-electron chi connectivity index (χ1n) is 9.36. The molecule has 2 N–H and O–H groups in total. The van der Waals surface area contributed by atoms with E-state index in [1.807, 2.05) is 42.5 Å². The molecule has 0 aliphatic carbocycles. The second kappa shape index (κ2) is 9.14. The summed E-state index contributed by atoms with van der Waals surface area (Å²) in [5.41, 5.74) is 2.94. The maximum Gasteiger partial charge on any atom is 0.269 e. The van der Waals surface area contributed by atoms with Gasteiger partial charge in [0.1, 0.15) is 5.01 Å². The van der Waals surface area contributed by atoms with Crippen LogP contribution in [0.1, 0.15) is 15.9 Å². The van der Waals surface area contributed by atoms with Crippen LogP contribution in [0.3, 0.4) is 0 Å². The fraction of sp³-hybridized carbons (Fsp3) is 0.0455. The molecule has 0 saturated heterocycles. The van der Waals surface area contributed by atoms with Crippen LogP contribution in [0.4, 0.5) is 16.5 Å². The lowest BCUT2D eigenvalue weighted by molar-refractivity contribution is -0.384. The monoisotopic (exact) mass is 431 g/mol. The Balaban J connectivity index is 1.37. The van der Waals surface area contributed by atoms with Crippen molar-refractivity contribution in [2.75, 3.05) is 10.6 Å². The highest BCUT2D eigenvalue weighted by Crippen LogP contribution is 2.27. The number of hydrogen-bond acceptors (Lipinski definition) is 7. The van der Waals surface area contributed by atoms with E-state index in [9.17, 15) is 14.9 Å². The second-order valence-electron chi connectivity index (χ2n) is 6.59. The number of carbonyl (C=O) groups is 1. The molecule has 8 nitrogen and oxygen atoms in total. The minimum Gasteiger partial charge on any atom is -0.356 e. The lowest BCUT2D eigenvalue weighted by Crippen LogP contribution is -2.11. The molecule has 0 atom stereocenters. The molecular weight excluding hydrogens is 414 g/mol. The largest absolute Gasteiger partial charge is 0.356 e. The summed E-state index contributed by atoms with van der Waals surface area (Å²) in [6, 6.07) is 22.7. The molecule has 0 radical (unpaired) electrons.